The third kappa shape index (κ3) is 2.69. The summed E-state index contributed by atoms with van der Waals surface area (Å²) < 4.78 is 18.2. The van der Waals surface area contributed by atoms with E-state index in [9.17, 15) is 9.50 Å². The summed E-state index contributed by atoms with van der Waals surface area (Å²) in [7, 11) is 1.37. The molecule has 5 heteroatoms. The van der Waals surface area contributed by atoms with Crippen molar-refractivity contribution in [1.29, 1.82) is 5.26 Å². The average molecular weight is 225 g/mol. The number of nitriles is 1. The lowest BCUT2D eigenvalue weighted by Gasteiger charge is -2.12. The third-order valence-corrected chi connectivity index (χ3v) is 2.16. The molecule has 0 radical (unpaired) electrons. The molecule has 16 heavy (non-hydrogen) atoms. The van der Waals surface area contributed by atoms with Crippen LogP contribution in [-0.4, -0.2) is 30.0 Å². The molecule has 0 aromatic heterocycles. The number of methoxy groups -OCH3 is 1. The van der Waals surface area contributed by atoms with Crippen LogP contribution in [0.3, 0.4) is 0 Å². The molecule has 2 N–H and O–H groups in total. The van der Waals surface area contributed by atoms with Gasteiger partial charge in [0, 0.05) is 12.5 Å². The van der Waals surface area contributed by atoms with E-state index in [4.69, 9.17) is 15.1 Å². The quantitative estimate of drug-likeness (QED) is 0.787. The summed E-state index contributed by atoms with van der Waals surface area (Å²) in [5, 5.41) is 26.6. The second-order valence-electron chi connectivity index (χ2n) is 3.30. The molecule has 4 nitrogen and oxygen atoms in total. The van der Waals surface area contributed by atoms with Gasteiger partial charge in [0.2, 0.25) is 0 Å². The maximum atomic E-state index is 13.2. The summed E-state index contributed by atoms with van der Waals surface area (Å²) in [5.74, 6) is -0.411. The SMILES string of the molecule is COc1cc(F)c(C#N)cc1C[C@H](O)CO. The van der Waals surface area contributed by atoms with Gasteiger partial charge in [0.25, 0.3) is 0 Å². The molecule has 0 spiro atoms. The Bertz CT molecular complexity index is 414. The monoisotopic (exact) mass is 225 g/mol. The predicted molar refractivity (Wildman–Crippen MR) is 54.5 cm³/mol. The minimum absolute atomic E-state index is 0.106. The number of hydrogen-bond donors (Lipinski definition) is 2. The predicted octanol–water partition coefficient (Wildman–Crippen LogP) is 0.602. The van der Waals surface area contributed by atoms with Crippen molar-refractivity contribution in [2.45, 2.75) is 12.5 Å². The second kappa shape index (κ2) is 5.45. The number of aliphatic hydroxyl groups is 2. The molecule has 0 aliphatic carbocycles. The normalized spacial score (nSPS) is 11.9. The van der Waals surface area contributed by atoms with Gasteiger partial charge in [-0.05, 0) is 11.6 Å². The molecule has 0 saturated heterocycles. The third-order valence-electron chi connectivity index (χ3n) is 2.16. The van der Waals surface area contributed by atoms with Gasteiger partial charge in [-0.2, -0.15) is 5.26 Å². The Hall–Kier alpha value is -1.64. The topological polar surface area (TPSA) is 73.5 Å². The lowest BCUT2D eigenvalue weighted by atomic mass is 10.0. The van der Waals surface area contributed by atoms with Crippen LogP contribution in [0.15, 0.2) is 12.1 Å². The van der Waals surface area contributed by atoms with Crippen LogP contribution in [0.4, 0.5) is 4.39 Å². The number of rotatable bonds is 4. The standard InChI is InChI=1S/C11H12FNO3/c1-16-11-4-10(12)8(5-13)2-7(11)3-9(15)6-14/h2,4,9,14-15H,3,6H2,1H3/t9-/m0/s1. The molecule has 0 aliphatic rings. The highest BCUT2D eigenvalue weighted by Gasteiger charge is 2.13. The summed E-state index contributed by atoms with van der Waals surface area (Å²) in [6, 6.07) is 4.11. The Morgan fingerprint density at radius 1 is 1.56 bits per heavy atom. The van der Waals surface area contributed by atoms with E-state index in [0.717, 1.165) is 6.07 Å². The molecule has 0 unspecified atom stereocenters. The van der Waals surface area contributed by atoms with Crippen molar-refractivity contribution in [3.63, 3.8) is 0 Å². The molecule has 0 fully saturated rings. The minimum Gasteiger partial charge on any atom is -0.496 e. The second-order valence-corrected chi connectivity index (χ2v) is 3.30. The summed E-state index contributed by atoms with van der Waals surface area (Å²) in [6.07, 6.45) is -0.847. The Balaban J connectivity index is 3.10. The van der Waals surface area contributed by atoms with E-state index in [-0.39, 0.29) is 17.7 Å². The molecule has 1 atom stereocenters. The Kier molecular flexibility index (Phi) is 4.23. The highest BCUT2D eigenvalue weighted by Crippen LogP contribution is 2.23. The minimum atomic E-state index is -0.953. The first kappa shape index (κ1) is 12.4. The van der Waals surface area contributed by atoms with Gasteiger partial charge in [0.05, 0.1) is 25.4 Å². The van der Waals surface area contributed by atoms with Crippen molar-refractivity contribution in [3.05, 3.63) is 29.1 Å². The number of nitrogens with zero attached hydrogens (tertiary/aromatic N) is 1. The van der Waals surface area contributed by atoms with Crippen LogP contribution in [-0.2, 0) is 6.42 Å². The molecule has 0 heterocycles. The first-order valence-corrected chi connectivity index (χ1v) is 4.67. The van der Waals surface area contributed by atoms with Crippen LogP contribution in [0, 0.1) is 17.1 Å². The van der Waals surface area contributed by atoms with Crippen molar-refractivity contribution < 1.29 is 19.3 Å². The van der Waals surface area contributed by atoms with Crippen LogP contribution in [0.5, 0.6) is 5.75 Å². The molecule has 1 aromatic carbocycles. The fraction of sp³-hybridized carbons (Fsp3) is 0.364. The van der Waals surface area contributed by atoms with E-state index in [1.165, 1.54) is 13.2 Å². The summed E-state index contributed by atoms with van der Waals surface area (Å²) >= 11 is 0. The number of ether oxygens (including phenoxy) is 1. The highest BCUT2D eigenvalue weighted by molar-refractivity contribution is 5.43. The van der Waals surface area contributed by atoms with Crippen molar-refractivity contribution in [2.75, 3.05) is 13.7 Å². The van der Waals surface area contributed by atoms with Gasteiger partial charge in [-0.15, -0.1) is 0 Å². The van der Waals surface area contributed by atoms with Crippen LogP contribution >= 0.6 is 0 Å². The number of benzene rings is 1. The summed E-state index contributed by atoms with van der Waals surface area (Å²) in [6.45, 7) is -0.400. The lowest BCUT2D eigenvalue weighted by Crippen LogP contribution is -2.16. The van der Waals surface area contributed by atoms with Gasteiger partial charge in [-0.3, -0.25) is 0 Å². The van der Waals surface area contributed by atoms with Crippen LogP contribution in [0.2, 0.25) is 0 Å². The van der Waals surface area contributed by atoms with Crippen molar-refractivity contribution in [3.8, 4) is 11.8 Å². The van der Waals surface area contributed by atoms with Crippen molar-refractivity contribution in [1.82, 2.24) is 0 Å². The van der Waals surface area contributed by atoms with Gasteiger partial charge < -0.3 is 14.9 Å². The van der Waals surface area contributed by atoms with E-state index in [2.05, 4.69) is 0 Å². The number of halogens is 1. The van der Waals surface area contributed by atoms with E-state index < -0.39 is 18.5 Å². The zero-order valence-corrected chi connectivity index (χ0v) is 8.77. The molecule has 1 aromatic rings. The fourth-order valence-electron chi connectivity index (χ4n) is 1.35. The van der Waals surface area contributed by atoms with Gasteiger partial charge in [0.15, 0.2) is 0 Å². The summed E-state index contributed by atoms with van der Waals surface area (Å²) in [4.78, 5) is 0. The molecule has 0 saturated carbocycles. The molecule has 1 rings (SSSR count). The molecular weight excluding hydrogens is 213 g/mol. The van der Waals surface area contributed by atoms with E-state index >= 15 is 0 Å². The lowest BCUT2D eigenvalue weighted by molar-refractivity contribution is 0.0949. The fourth-order valence-corrected chi connectivity index (χ4v) is 1.35. The molecular formula is C11H12FNO3. The first-order valence-electron chi connectivity index (χ1n) is 4.67. The van der Waals surface area contributed by atoms with E-state index in [1.807, 2.05) is 0 Å². The zero-order chi connectivity index (χ0) is 12.1. The smallest absolute Gasteiger partial charge is 0.144 e. The molecule has 0 bridgehead atoms. The van der Waals surface area contributed by atoms with Crippen LogP contribution in [0.25, 0.3) is 0 Å². The maximum Gasteiger partial charge on any atom is 0.144 e. The van der Waals surface area contributed by atoms with E-state index in [1.54, 1.807) is 6.07 Å². The zero-order valence-electron chi connectivity index (χ0n) is 8.77. The van der Waals surface area contributed by atoms with Crippen LogP contribution < -0.4 is 4.74 Å². The number of aliphatic hydroxyl groups excluding tert-OH is 2. The van der Waals surface area contributed by atoms with Crippen molar-refractivity contribution >= 4 is 0 Å². The van der Waals surface area contributed by atoms with Gasteiger partial charge in [-0.25, -0.2) is 4.39 Å². The van der Waals surface area contributed by atoms with Gasteiger partial charge in [-0.1, -0.05) is 0 Å². The molecule has 0 amide bonds. The maximum absolute atomic E-state index is 13.2. The van der Waals surface area contributed by atoms with Crippen LogP contribution in [0.1, 0.15) is 11.1 Å². The molecule has 86 valence electrons. The van der Waals surface area contributed by atoms with E-state index in [0.29, 0.717) is 5.56 Å². The van der Waals surface area contributed by atoms with Gasteiger partial charge in [0.1, 0.15) is 17.6 Å². The molecule has 0 aliphatic heterocycles. The number of hydrogen-bond acceptors (Lipinski definition) is 4. The Morgan fingerprint density at radius 2 is 2.25 bits per heavy atom. The van der Waals surface area contributed by atoms with Crippen molar-refractivity contribution in [2.24, 2.45) is 0 Å². The largest absolute Gasteiger partial charge is 0.496 e. The van der Waals surface area contributed by atoms with Gasteiger partial charge >= 0.3 is 0 Å². The first-order chi connectivity index (χ1) is 7.62. The highest BCUT2D eigenvalue weighted by atomic mass is 19.1. The Morgan fingerprint density at radius 3 is 2.75 bits per heavy atom. The Labute approximate surface area is 92.5 Å². The average Bonchev–Trinajstić information content (AvgIpc) is 2.30. The summed E-state index contributed by atoms with van der Waals surface area (Å²) in [5.41, 5.74) is 0.378.